The fourth-order valence-corrected chi connectivity index (χ4v) is 4.81. The lowest BCUT2D eigenvalue weighted by atomic mass is 10.0. The maximum atomic E-state index is 12.6. The van der Waals surface area contributed by atoms with Crippen LogP contribution in [0.5, 0.6) is 0 Å². The molecule has 0 spiro atoms. The van der Waals surface area contributed by atoms with Crippen molar-refractivity contribution in [3.05, 3.63) is 0 Å². The Morgan fingerprint density at radius 1 is 1.32 bits per heavy atom. The van der Waals surface area contributed by atoms with Gasteiger partial charge in [-0.3, -0.25) is 0 Å². The van der Waals surface area contributed by atoms with Crippen molar-refractivity contribution in [1.29, 1.82) is 0 Å². The highest BCUT2D eigenvalue weighted by atomic mass is 35.5. The smallest absolute Gasteiger partial charge is 0.282 e. The van der Waals surface area contributed by atoms with Gasteiger partial charge in [-0.2, -0.15) is 17.0 Å². The number of alkyl halides is 1. The minimum Gasteiger partial charge on any atom is -0.373 e. The Bertz CT molecular complexity index is 413. The molecule has 0 aliphatic carbocycles. The molecule has 0 bridgehead atoms. The van der Waals surface area contributed by atoms with Crippen LogP contribution in [0.25, 0.3) is 0 Å². The standard InChI is InChI=1S/C12H23ClN2O3S/c1-12(2)10-15(6-7-18-12)19(16,17)14-5-3-4-11(8-13)9-14/h11H,3-10H2,1-2H3. The molecule has 0 aromatic rings. The van der Waals surface area contributed by atoms with Gasteiger partial charge >= 0.3 is 0 Å². The van der Waals surface area contributed by atoms with Crippen LogP contribution in [-0.2, 0) is 14.9 Å². The lowest BCUT2D eigenvalue weighted by Crippen LogP contribution is -2.56. The van der Waals surface area contributed by atoms with Crippen LogP contribution in [0.1, 0.15) is 26.7 Å². The normalized spacial score (nSPS) is 30.4. The number of hydrogen-bond donors (Lipinski definition) is 0. The van der Waals surface area contributed by atoms with E-state index in [2.05, 4.69) is 0 Å². The lowest BCUT2D eigenvalue weighted by molar-refractivity contribution is -0.0654. The average Bonchev–Trinajstić information content (AvgIpc) is 2.37. The van der Waals surface area contributed by atoms with Crippen molar-refractivity contribution in [3.8, 4) is 0 Å². The van der Waals surface area contributed by atoms with Gasteiger partial charge in [0.15, 0.2) is 0 Å². The van der Waals surface area contributed by atoms with Crippen LogP contribution < -0.4 is 0 Å². The summed E-state index contributed by atoms with van der Waals surface area (Å²) >= 11 is 5.87. The summed E-state index contributed by atoms with van der Waals surface area (Å²) in [5.41, 5.74) is -0.410. The molecule has 1 unspecified atom stereocenters. The second kappa shape index (κ2) is 5.85. The van der Waals surface area contributed by atoms with E-state index in [1.54, 1.807) is 8.61 Å². The van der Waals surface area contributed by atoms with E-state index in [1.807, 2.05) is 13.8 Å². The summed E-state index contributed by atoms with van der Waals surface area (Å²) in [5, 5.41) is 0. The highest BCUT2D eigenvalue weighted by Crippen LogP contribution is 2.25. The molecule has 7 heteroatoms. The highest BCUT2D eigenvalue weighted by molar-refractivity contribution is 7.86. The first-order chi connectivity index (χ1) is 8.85. The molecule has 2 fully saturated rings. The summed E-state index contributed by atoms with van der Waals surface area (Å²) in [6.45, 7) is 6.31. The highest BCUT2D eigenvalue weighted by Gasteiger charge is 2.38. The van der Waals surface area contributed by atoms with Crippen molar-refractivity contribution in [2.45, 2.75) is 32.3 Å². The van der Waals surface area contributed by atoms with Crippen LogP contribution in [0.2, 0.25) is 0 Å². The van der Waals surface area contributed by atoms with E-state index in [0.29, 0.717) is 38.7 Å². The molecule has 1 atom stereocenters. The van der Waals surface area contributed by atoms with Gasteiger partial charge in [0.25, 0.3) is 10.2 Å². The number of ether oxygens (including phenoxy) is 1. The Morgan fingerprint density at radius 2 is 2.05 bits per heavy atom. The fraction of sp³-hybridized carbons (Fsp3) is 1.00. The minimum absolute atomic E-state index is 0.277. The zero-order chi connectivity index (χ0) is 14.1. The Labute approximate surface area is 121 Å². The van der Waals surface area contributed by atoms with E-state index in [-0.39, 0.29) is 5.92 Å². The van der Waals surface area contributed by atoms with E-state index in [4.69, 9.17) is 16.3 Å². The average molecular weight is 311 g/mol. The van der Waals surface area contributed by atoms with Gasteiger partial charge < -0.3 is 4.74 Å². The van der Waals surface area contributed by atoms with Gasteiger partial charge in [-0.25, -0.2) is 0 Å². The van der Waals surface area contributed by atoms with Crippen molar-refractivity contribution in [2.75, 3.05) is 38.7 Å². The number of nitrogens with zero attached hydrogens (tertiary/aromatic N) is 2. The second-order valence-electron chi connectivity index (χ2n) is 5.97. The number of hydrogen-bond acceptors (Lipinski definition) is 3. The number of rotatable bonds is 3. The molecule has 5 nitrogen and oxygen atoms in total. The van der Waals surface area contributed by atoms with Gasteiger partial charge in [-0.15, -0.1) is 11.6 Å². The van der Waals surface area contributed by atoms with Crippen LogP contribution in [0.3, 0.4) is 0 Å². The first-order valence-corrected chi connectivity index (χ1v) is 8.73. The van der Waals surface area contributed by atoms with E-state index in [0.717, 1.165) is 12.8 Å². The Hall–Kier alpha value is 0.120. The summed E-state index contributed by atoms with van der Waals surface area (Å²) in [6.07, 6.45) is 1.91. The number of piperidine rings is 1. The monoisotopic (exact) mass is 310 g/mol. The van der Waals surface area contributed by atoms with Crippen LogP contribution in [-0.4, -0.2) is 61.3 Å². The minimum atomic E-state index is -3.37. The topological polar surface area (TPSA) is 49.9 Å². The van der Waals surface area contributed by atoms with E-state index >= 15 is 0 Å². The Balaban J connectivity index is 2.08. The summed E-state index contributed by atoms with van der Waals surface area (Å²) in [4.78, 5) is 0. The SMILES string of the molecule is CC1(C)CN(S(=O)(=O)N2CCCC(CCl)C2)CCO1. The second-order valence-corrected chi connectivity index (χ2v) is 8.21. The van der Waals surface area contributed by atoms with Crippen molar-refractivity contribution < 1.29 is 13.2 Å². The Morgan fingerprint density at radius 3 is 2.68 bits per heavy atom. The van der Waals surface area contributed by atoms with Crippen molar-refractivity contribution in [1.82, 2.24) is 8.61 Å². The predicted molar refractivity (Wildman–Crippen MR) is 75.5 cm³/mol. The Kier molecular flexibility index (Phi) is 4.78. The van der Waals surface area contributed by atoms with Gasteiger partial charge in [-0.1, -0.05) is 0 Å². The quantitative estimate of drug-likeness (QED) is 0.738. The van der Waals surface area contributed by atoms with E-state index in [1.165, 1.54) is 0 Å². The van der Waals surface area contributed by atoms with Crippen molar-refractivity contribution in [3.63, 3.8) is 0 Å². The molecule has 0 amide bonds. The molecule has 0 N–H and O–H groups in total. The van der Waals surface area contributed by atoms with Crippen LogP contribution in [0.4, 0.5) is 0 Å². The molecule has 0 saturated carbocycles. The van der Waals surface area contributed by atoms with E-state index in [9.17, 15) is 8.42 Å². The van der Waals surface area contributed by atoms with Crippen LogP contribution in [0, 0.1) is 5.92 Å². The van der Waals surface area contributed by atoms with Gasteiger partial charge in [0.2, 0.25) is 0 Å². The fourth-order valence-electron chi connectivity index (χ4n) is 2.70. The van der Waals surface area contributed by atoms with Gasteiger partial charge in [0, 0.05) is 32.1 Å². The largest absolute Gasteiger partial charge is 0.373 e. The summed E-state index contributed by atoms with van der Waals surface area (Å²) < 4.78 is 34.0. The molecule has 19 heavy (non-hydrogen) atoms. The first kappa shape index (κ1) is 15.5. The molecule has 112 valence electrons. The van der Waals surface area contributed by atoms with Crippen LogP contribution >= 0.6 is 11.6 Å². The molecule has 0 aromatic heterocycles. The molecule has 0 radical (unpaired) electrons. The third-order valence-electron chi connectivity index (χ3n) is 3.74. The molecule has 0 aromatic carbocycles. The third kappa shape index (κ3) is 3.61. The van der Waals surface area contributed by atoms with Gasteiger partial charge in [0.05, 0.1) is 12.2 Å². The van der Waals surface area contributed by atoms with Gasteiger partial charge in [0.1, 0.15) is 0 Å². The number of halogens is 1. The van der Waals surface area contributed by atoms with Crippen LogP contribution in [0.15, 0.2) is 0 Å². The maximum Gasteiger partial charge on any atom is 0.282 e. The first-order valence-electron chi connectivity index (χ1n) is 6.80. The molecular formula is C12H23ClN2O3S. The molecule has 2 aliphatic rings. The summed E-state index contributed by atoms with van der Waals surface area (Å²) in [5.74, 6) is 0.805. The van der Waals surface area contributed by atoms with Crippen molar-refractivity contribution >= 4 is 21.8 Å². The molecule has 2 saturated heterocycles. The predicted octanol–water partition coefficient (Wildman–Crippen LogP) is 1.29. The summed E-state index contributed by atoms with van der Waals surface area (Å²) in [6, 6.07) is 0. The molecule has 2 heterocycles. The molecule has 2 rings (SSSR count). The zero-order valence-electron chi connectivity index (χ0n) is 11.6. The van der Waals surface area contributed by atoms with Gasteiger partial charge in [-0.05, 0) is 32.6 Å². The molecule has 2 aliphatic heterocycles. The lowest BCUT2D eigenvalue weighted by Gasteiger charge is -2.41. The summed E-state index contributed by atoms with van der Waals surface area (Å²) in [7, 11) is -3.37. The third-order valence-corrected chi connectivity index (χ3v) is 6.13. The number of morpholine rings is 1. The van der Waals surface area contributed by atoms with E-state index < -0.39 is 15.8 Å². The maximum absolute atomic E-state index is 12.6. The molecular weight excluding hydrogens is 288 g/mol. The zero-order valence-corrected chi connectivity index (χ0v) is 13.2. The van der Waals surface area contributed by atoms with Crippen molar-refractivity contribution in [2.24, 2.45) is 5.92 Å².